The average molecular weight is 229 g/mol. The molecule has 1 atom stereocenters. The molecule has 2 nitrogen and oxygen atoms in total. The second-order valence-corrected chi connectivity index (χ2v) is 3.26. The average Bonchev–Trinajstić information content (AvgIpc) is 2.20. The zero-order chi connectivity index (χ0) is 11.3. The Morgan fingerprint density at radius 3 is 2.73 bits per heavy atom. The molecule has 1 unspecified atom stereocenters. The zero-order valence-corrected chi connectivity index (χ0v) is 8.62. The van der Waals surface area contributed by atoms with Crippen LogP contribution in [0.4, 0.5) is 4.39 Å². The van der Waals surface area contributed by atoms with Crippen LogP contribution in [-0.4, -0.2) is 11.1 Å². The van der Waals surface area contributed by atoms with Crippen molar-refractivity contribution in [2.24, 2.45) is 0 Å². The number of hydrogen-bond donors (Lipinski definition) is 1. The summed E-state index contributed by atoms with van der Waals surface area (Å²) >= 11 is 5.31. The van der Waals surface area contributed by atoms with Crippen molar-refractivity contribution in [2.75, 3.05) is 0 Å². The summed E-state index contributed by atoms with van der Waals surface area (Å²) in [7, 11) is 0. The molecular formula is C11H10ClFO2. The minimum Gasteiger partial charge on any atom is -0.481 e. The molecule has 0 saturated heterocycles. The molecule has 15 heavy (non-hydrogen) atoms. The Hall–Kier alpha value is -1.35. The Kier molecular flexibility index (Phi) is 4.31. The van der Waals surface area contributed by atoms with E-state index in [1.54, 1.807) is 6.07 Å². The number of carbonyl (C=O) groups is 1. The maximum Gasteiger partial charge on any atom is 0.311 e. The lowest BCUT2D eigenvalue weighted by molar-refractivity contribution is -0.138. The van der Waals surface area contributed by atoms with E-state index in [4.69, 9.17) is 16.7 Å². The lowest BCUT2D eigenvalue weighted by Crippen LogP contribution is -2.12. The third-order valence-electron chi connectivity index (χ3n) is 2.04. The van der Waals surface area contributed by atoms with Crippen LogP contribution in [0.15, 0.2) is 35.9 Å². The van der Waals surface area contributed by atoms with E-state index in [1.807, 2.05) is 0 Å². The topological polar surface area (TPSA) is 37.3 Å². The predicted octanol–water partition coefficient (Wildman–Crippen LogP) is 3.14. The molecule has 0 aliphatic heterocycles. The molecule has 0 radical (unpaired) electrons. The third-order valence-corrected chi connectivity index (χ3v) is 2.22. The Balaban J connectivity index is 2.99. The van der Waals surface area contributed by atoms with Crippen LogP contribution in [0.3, 0.4) is 0 Å². The standard InChI is InChI=1S/C11H10ClFO2/c12-7-3-5-9(11(14)15)8-4-1-2-6-10(8)13/h1-4,6-7,9H,5H2,(H,14,15)/b7-3+. The van der Waals surface area contributed by atoms with Crippen molar-refractivity contribution < 1.29 is 14.3 Å². The molecule has 4 heteroatoms. The molecule has 0 aromatic heterocycles. The number of rotatable bonds is 4. The summed E-state index contributed by atoms with van der Waals surface area (Å²) in [6, 6.07) is 5.85. The quantitative estimate of drug-likeness (QED) is 0.860. The number of halogens is 2. The first-order chi connectivity index (χ1) is 7.16. The summed E-state index contributed by atoms with van der Waals surface area (Å²) in [5, 5.41) is 8.93. The fourth-order valence-electron chi connectivity index (χ4n) is 1.31. The smallest absolute Gasteiger partial charge is 0.311 e. The van der Waals surface area contributed by atoms with Gasteiger partial charge in [0.15, 0.2) is 0 Å². The predicted molar refractivity (Wildman–Crippen MR) is 56.4 cm³/mol. The fraction of sp³-hybridized carbons (Fsp3) is 0.182. The van der Waals surface area contributed by atoms with Crippen LogP contribution in [-0.2, 0) is 4.79 Å². The van der Waals surface area contributed by atoms with Crippen molar-refractivity contribution >= 4 is 17.6 Å². The van der Waals surface area contributed by atoms with Crippen LogP contribution in [0.5, 0.6) is 0 Å². The summed E-state index contributed by atoms with van der Waals surface area (Å²) in [4.78, 5) is 10.9. The van der Waals surface area contributed by atoms with E-state index in [2.05, 4.69) is 0 Å². The SMILES string of the molecule is O=C(O)C(C/C=C/Cl)c1ccccc1F. The number of carboxylic acids is 1. The molecule has 0 aliphatic carbocycles. The van der Waals surface area contributed by atoms with Crippen molar-refractivity contribution in [3.8, 4) is 0 Å². The van der Waals surface area contributed by atoms with Crippen LogP contribution in [0, 0.1) is 5.82 Å². The molecule has 1 rings (SSSR count). The van der Waals surface area contributed by atoms with Crippen molar-refractivity contribution in [2.45, 2.75) is 12.3 Å². The highest BCUT2D eigenvalue weighted by molar-refractivity contribution is 6.25. The molecule has 80 valence electrons. The van der Waals surface area contributed by atoms with E-state index in [0.717, 1.165) is 0 Å². The molecule has 0 spiro atoms. The van der Waals surface area contributed by atoms with Gasteiger partial charge in [0, 0.05) is 11.1 Å². The number of aliphatic carboxylic acids is 1. The van der Waals surface area contributed by atoms with Gasteiger partial charge in [0.2, 0.25) is 0 Å². The summed E-state index contributed by atoms with van der Waals surface area (Å²) < 4.78 is 13.3. The molecule has 0 aliphatic rings. The van der Waals surface area contributed by atoms with Gasteiger partial charge in [-0.15, -0.1) is 0 Å². The van der Waals surface area contributed by atoms with Gasteiger partial charge in [-0.2, -0.15) is 0 Å². The van der Waals surface area contributed by atoms with Crippen molar-refractivity contribution in [1.29, 1.82) is 0 Å². The van der Waals surface area contributed by atoms with Crippen molar-refractivity contribution in [1.82, 2.24) is 0 Å². The summed E-state index contributed by atoms with van der Waals surface area (Å²) in [6.45, 7) is 0. The normalized spacial score (nSPS) is 12.9. The Morgan fingerprint density at radius 1 is 1.53 bits per heavy atom. The van der Waals surface area contributed by atoms with E-state index in [-0.39, 0.29) is 12.0 Å². The fourth-order valence-corrected chi connectivity index (χ4v) is 1.41. The molecular weight excluding hydrogens is 219 g/mol. The van der Waals surface area contributed by atoms with Gasteiger partial charge >= 0.3 is 5.97 Å². The Labute approximate surface area is 92.0 Å². The Bertz CT molecular complexity index is 377. The molecule has 0 fully saturated rings. The van der Waals surface area contributed by atoms with Gasteiger partial charge in [-0.1, -0.05) is 35.9 Å². The van der Waals surface area contributed by atoms with Crippen LogP contribution < -0.4 is 0 Å². The second-order valence-electron chi connectivity index (χ2n) is 3.01. The third kappa shape index (κ3) is 3.06. The van der Waals surface area contributed by atoms with Crippen molar-refractivity contribution in [3.63, 3.8) is 0 Å². The van der Waals surface area contributed by atoms with E-state index >= 15 is 0 Å². The second kappa shape index (κ2) is 5.51. The molecule has 0 amide bonds. The largest absolute Gasteiger partial charge is 0.481 e. The first-order valence-corrected chi connectivity index (χ1v) is 4.83. The monoisotopic (exact) mass is 228 g/mol. The number of carboxylic acid groups (broad SMARTS) is 1. The van der Waals surface area contributed by atoms with E-state index in [0.29, 0.717) is 0 Å². The highest BCUT2D eigenvalue weighted by atomic mass is 35.5. The maximum absolute atomic E-state index is 13.3. The molecule has 0 saturated carbocycles. The van der Waals surface area contributed by atoms with Gasteiger partial charge in [0.05, 0.1) is 5.92 Å². The summed E-state index contributed by atoms with van der Waals surface area (Å²) in [5.74, 6) is -2.45. The molecule has 0 heterocycles. The van der Waals surface area contributed by atoms with E-state index in [9.17, 15) is 9.18 Å². The van der Waals surface area contributed by atoms with Gasteiger partial charge in [-0.05, 0) is 12.5 Å². The molecule has 1 N–H and O–H groups in total. The minimum absolute atomic E-state index is 0.180. The van der Waals surface area contributed by atoms with Gasteiger partial charge in [-0.25, -0.2) is 4.39 Å². The van der Waals surface area contributed by atoms with Crippen molar-refractivity contribution in [3.05, 3.63) is 47.3 Å². The van der Waals surface area contributed by atoms with Crippen LogP contribution in [0.1, 0.15) is 17.9 Å². The minimum atomic E-state index is -1.06. The maximum atomic E-state index is 13.3. The van der Waals surface area contributed by atoms with Gasteiger partial charge in [-0.3, -0.25) is 4.79 Å². The van der Waals surface area contributed by atoms with Gasteiger partial charge in [0.1, 0.15) is 5.82 Å². The lowest BCUT2D eigenvalue weighted by atomic mass is 9.95. The zero-order valence-electron chi connectivity index (χ0n) is 7.86. The first-order valence-electron chi connectivity index (χ1n) is 4.39. The molecule has 1 aromatic carbocycles. The first kappa shape index (κ1) is 11.7. The highest BCUT2D eigenvalue weighted by Gasteiger charge is 2.21. The van der Waals surface area contributed by atoms with Crippen LogP contribution in [0.25, 0.3) is 0 Å². The summed E-state index contributed by atoms with van der Waals surface area (Å²) in [6.07, 6.45) is 1.67. The van der Waals surface area contributed by atoms with E-state index in [1.165, 1.54) is 29.8 Å². The van der Waals surface area contributed by atoms with Gasteiger partial charge < -0.3 is 5.11 Å². The number of allylic oxidation sites excluding steroid dienone is 1. The summed E-state index contributed by atoms with van der Waals surface area (Å²) in [5.41, 5.74) is 1.41. The van der Waals surface area contributed by atoms with Crippen LogP contribution in [0.2, 0.25) is 0 Å². The van der Waals surface area contributed by atoms with Gasteiger partial charge in [0.25, 0.3) is 0 Å². The molecule has 1 aromatic rings. The Morgan fingerprint density at radius 2 is 2.20 bits per heavy atom. The highest BCUT2D eigenvalue weighted by Crippen LogP contribution is 2.23. The molecule has 0 bridgehead atoms. The lowest BCUT2D eigenvalue weighted by Gasteiger charge is -2.10. The van der Waals surface area contributed by atoms with E-state index < -0.39 is 17.7 Å². The van der Waals surface area contributed by atoms with Crippen LogP contribution >= 0.6 is 11.6 Å². The number of hydrogen-bond acceptors (Lipinski definition) is 1. The number of benzene rings is 1.